The molecule has 1 fully saturated rings. The predicted octanol–water partition coefficient (Wildman–Crippen LogP) is 3.73. The lowest BCUT2D eigenvalue weighted by Gasteiger charge is -2.34. The fourth-order valence-electron chi connectivity index (χ4n) is 2.46. The molecule has 22 heavy (non-hydrogen) atoms. The molecule has 1 aromatic carbocycles. The number of halogens is 2. The highest BCUT2D eigenvalue weighted by Crippen LogP contribution is 2.27. The molecule has 0 aliphatic carbocycles. The van der Waals surface area contributed by atoms with Gasteiger partial charge in [-0.1, -0.05) is 36.2 Å². The molecule has 0 radical (unpaired) electrons. The Morgan fingerprint density at radius 1 is 1.36 bits per heavy atom. The maximum absolute atomic E-state index is 12.0. The molecule has 1 aliphatic heterocycles. The standard InChI is InChI=1S/C16H22Cl2N2OS/c1-16(4-6-19-7-5-16)11-20-15(21)10-22-9-12-2-3-13(17)8-14(12)18/h2-3,8,19H,4-7,9-11H2,1H3,(H,20,21). The zero-order valence-corrected chi connectivity index (χ0v) is 15.1. The number of amides is 1. The molecule has 1 amide bonds. The van der Waals surface area contributed by atoms with E-state index in [4.69, 9.17) is 23.2 Å². The average molecular weight is 361 g/mol. The fraction of sp³-hybridized carbons (Fsp3) is 0.562. The van der Waals surface area contributed by atoms with Crippen LogP contribution < -0.4 is 10.6 Å². The van der Waals surface area contributed by atoms with Crippen molar-refractivity contribution in [3.8, 4) is 0 Å². The highest BCUT2D eigenvalue weighted by molar-refractivity contribution is 7.99. The summed E-state index contributed by atoms with van der Waals surface area (Å²) in [5.74, 6) is 1.26. The Labute approximate surface area is 146 Å². The Balaban J connectivity index is 1.69. The van der Waals surface area contributed by atoms with E-state index in [9.17, 15) is 4.79 Å². The quantitative estimate of drug-likeness (QED) is 0.811. The summed E-state index contributed by atoms with van der Waals surface area (Å²) in [5, 5.41) is 7.70. The van der Waals surface area contributed by atoms with E-state index >= 15 is 0 Å². The summed E-state index contributed by atoms with van der Waals surface area (Å²) in [6, 6.07) is 5.46. The average Bonchev–Trinajstić information content (AvgIpc) is 2.48. The molecule has 2 rings (SSSR count). The molecule has 6 heteroatoms. The number of benzene rings is 1. The van der Waals surface area contributed by atoms with Crippen LogP contribution in [0.25, 0.3) is 0 Å². The van der Waals surface area contributed by atoms with E-state index in [2.05, 4.69) is 17.6 Å². The molecule has 1 heterocycles. The summed E-state index contributed by atoms with van der Waals surface area (Å²) < 4.78 is 0. The number of nitrogens with one attached hydrogen (secondary N) is 2. The van der Waals surface area contributed by atoms with Gasteiger partial charge in [-0.25, -0.2) is 0 Å². The first-order valence-corrected chi connectivity index (χ1v) is 9.39. The van der Waals surface area contributed by atoms with Crippen molar-refractivity contribution in [3.63, 3.8) is 0 Å². The summed E-state index contributed by atoms with van der Waals surface area (Å²) in [6.07, 6.45) is 2.22. The van der Waals surface area contributed by atoms with Gasteiger partial charge in [0.25, 0.3) is 0 Å². The highest BCUT2D eigenvalue weighted by atomic mass is 35.5. The van der Waals surface area contributed by atoms with Crippen molar-refractivity contribution in [3.05, 3.63) is 33.8 Å². The Morgan fingerprint density at radius 3 is 2.77 bits per heavy atom. The van der Waals surface area contributed by atoms with Crippen molar-refractivity contribution in [2.24, 2.45) is 5.41 Å². The fourth-order valence-corrected chi connectivity index (χ4v) is 3.88. The summed E-state index contributed by atoms with van der Waals surface area (Å²) >= 11 is 13.6. The van der Waals surface area contributed by atoms with Gasteiger partial charge in [-0.3, -0.25) is 4.79 Å². The van der Waals surface area contributed by atoms with Crippen molar-refractivity contribution in [2.75, 3.05) is 25.4 Å². The van der Waals surface area contributed by atoms with Gasteiger partial charge >= 0.3 is 0 Å². The molecule has 0 bridgehead atoms. The zero-order valence-electron chi connectivity index (χ0n) is 12.8. The number of hydrogen-bond acceptors (Lipinski definition) is 3. The topological polar surface area (TPSA) is 41.1 Å². The van der Waals surface area contributed by atoms with Gasteiger partial charge in [0.15, 0.2) is 0 Å². The van der Waals surface area contributed by atoms with Crippen LogP contribution in [0.3, 0.4) is 0 Å². The van der Waals surface area contributed by atoms with Crippen LogP contribution in [0, 0.1) is 5.41 Å². The maximum Gasteiger partial charge on any atom is 0.230 e. The minimum atomic E-state index is 0.0924. The molecule has 2 N–H and O–H groups in total. The van der Waals surface area contributed by atoms with Gasteiger partial charge in [-0.2, -0.15) is 0 Å². The Hall–Kier alpha value is -0.420. The molecule has 0 atom stereocenters. The Kier molecular flexibility index (Phi) is 6.87. The van der Waals surface area contributed by atoms with Crippen LogP contribution in [-0.4, -0.2) is 31.3 Å². The smallest absolute Gasteiger partial charge is 0.230 e. The maximum atomic E-state index is 12.0. The van der Waals surface area contributed by atoms with Gasteiger partial charge in [0.2, 0.25) is 5.91 Å². The summed E-state index contributed by atoms with van der Waals surface area (Å²) in [7, 11) is 0. The SMILES string of the molecule is CC1(CNC(=O)CSCc2ccc(Cl)cc2Cl)CCNCC1. The van der Waals surface area contributed by atoms with Crippen LogP contribution in [0.1, 0.15) is 25.3 Å². The summed E-state index contributed by atoms with van der Waals surface area (Å²) in [4.78, 5) is 12.0. The lowest BCUT2D eigenvalue weighted by atomic mass is 9.81. The lowest BCUT2D eigenvalue weighted by Crippen LogP contribution is -2.43. The molecule has 122 valence electrons. The highest BCUT2D eigenvalue weighted by Gasteiger charge is 2.26. The van der Waals surface area contributed by atoms with E-state index < -0.39 is 0 Å². The molecule has 0 spiro atoms. The van der Waals surface area contributed by atoms with Gasteiger partial charge in [0.1, 0.15) is 0 Å². The minimum Gasteiger partial charge on any atom is -0.355 e. The van der Waals surface area contributed by atoms with Gasteiger partial charge in [0, 0.05) is 22.3 Å². The molecule has 1 aromatic rings. The largest absolute Gasteiger partial charge is 0.355 e. The second-order valence-corrected chi connectivity index (χ2v) is 7.90. The van der Waals surface area contributed by atoms with Crippen LogP contribution in [0.4, 0.5) is 0 Å². The molecular formula is C16H22Cl2N2OS. The molecule has 0 unspecified atom stereocenters. The monoisotopic (exact) mass is 360 g/mol. The number of thioether (sulfide) groups is 1. The summed E-state index contributed by atoms with van der Waals surface area (Å²) in [6.45, 7) is 5.08. The first-order chi connectivity index (χ1) is 10.5. The van der Waals surface area contributed by atoms with Crippen LogP contribution in [-0.2, 0) is 10.5 Å². The molecule has 1 saturated heterocycles. The first-order valence-electron chi connectivity index (χ1n) is 7.48. The second-order valence-electron chi connectivity index (χ2n) is 6.07. The predicted molar refractivity (Wildman–Crippen MR) is 95.8 cm³/mol. The van der Waals surface area contributed by atoms with Crippen LogP contribution in [0.2, 0.25) is 10.0 Å². The third-order valence-electron chi connectivity index (χ3n) is 4.03. The van der Waals surface area contributed by atoms with E-state index in [1.807, 2.05) is 12.1 Å². The van der Waals surface area contributed by atoms with Crippen molar-refractivity contribution in [2.45, 2.75) is 25.5 Å². The molecule has 0 aromatic heterocycles. The number of rotatable bonds is 6. The molecule has 3 nitrogen and oxygen atoms in total. The lowest BCUT2D eigenvalue weighted by molar-refractivity contribution is -0.119. The number of carbonyl (C=O) groups excluding carboxylic acids is 1. The van der Waals surface area contributed by atoms with Crippen LogP contribution in [0.5, 0.6) is 0 Å². The van der Waals surface area contributed by atoms with E-state index in [1.54, 1.807) is 17.8 Å². The molecule has 1 aliphatic rings. The van der Waals surface area contributed by atoms with E-state index in [0.717, 1.165) is 38.0 Å². The number of hydrogen-bond donors (Lipinski definition) is 2. The minimum absolute atomic E-state index is 0.0924. The van der Waals surface area contributed by atoms with Crippen molar-refractivity contribution >= 4 is 40.9 Å². The third kappa shape index (κ3) is 5.65. The number of carbonyl (C=O) groups is 1. The third-order valence-corrected chi connectivity index (χ3v) is 5.60. The van der Waals surface area contributed by atoms with E-state index in [1.165, 1.54) is 0 Å². The normalized spacial score (nSPS) is 17.2. The summed E-state index contributed by atoms with van der Waals surface area (Å²) in [5.41, 5.74) is 1.24. The van der Waals surface area contributed by atoms with Gasteiger partial charge in [-0.15, -0.1) is 11.8 Å². The number of piperidine rings is 1. The van der Waals surface area contributed by atoms with Crippen molar-refractivity contribution in [1.29, 1.82) is 0 Å². The molecule has 0 saturated carbocycles. The molecular weight excluding hydrogens is 339 g/mol. The van der Waals surface area contributed by atoms with Gasteiger partial charge < -0.3 is 10.6 Å². The van der Waals surface area contributed by atoms with Gasteiger partial charge in [-0.05, 0) is 49.0 Å². The van der Waals surface area contributed by atoms with Gasteiger partial charge in [0.05, 0.1) is 5.75 Å². The van der Waals surface area contributed by atoms with Crippen LogP contribution >= 0.6 is 35.0 Å². The van der Waals surface area contributed by atoms with E-state index in [0.29, 0.717) is 21.6 Å². The zero-order chi connectivity index (χ0) is 16.0. The van der Waals surface area contributed by atoms with Crippen LogP contribution in [0.15, 0.2) is 18.2 Å². The Morgan fingerprint density at radius 2 is 2.09 bits per heavy atom. The van der Waals surface area contributed by atoms with Crippen molar-refractivity contribution in [1.82, 2.24) is 10.6 Å². The van der Waals surface area contributed by atoms with Crippen molar-refractivity contribution < 1.29 is 4.79 Å². The second kappa shape index (κ2) is 8.44. The Bertz CT molecular complexity index is 519. The first kappa shape index (κ1) is 17.9. The van der Waals surface area contributed by atoms with E-state index in [-0.39, 0.29) is 11.3 Å².